The zero-order valence-corrected chi connectivity index (χ0v) is 43.3. The number of hydrogen-bond donors (Lipinski definition) is 0. The Morgan fingerprint density at radius 3 is 1.08 bits per heavy atom. The number of hydrogen-bond acceptors (Lipinski definition) is 8. The lowest BCUT2D eigenvalue weighted by atomic mass is 10.1. The molecular weight excluding hydrogens is 897 g/mol. The average Bonchev–Trinajstić information content (AvgIpc) is 3.42. The van der Waals surface area contributed by atoms with Gasteiger partial charge in [-0.15, -0.1) is 0 Å². The Kier molecular flexibility index (Phi) is 24.1. The van der Waals surface area contributed by atoms with Gasteiger partial charge in [-0.3, -0.25) is 0 Å². The third-order valence-corrected chi connectivity index (χ3v) is 12.9. The fraction of sp³-hybridized carbons (Fsp3) is 0.406. The second-order valence-electron chi connectivity index (χ2n) is 18.8. The molecule has 0 aliphatic heterocycles. The number of carbonyl (C=O) groups is 2. The largest absolute Gasteiger partial charge is 0.494 e. The topological polar surface area (TPSA) is 89.5 Å². The van der Waals surface area contributed by atoms with Crippen LogP contribution in [0.25, 0.3) is 22.3 Å². The maximum Gasteiger partial charge on any atom is 0.338 e. The van der Waals surface area contributed by atoms with Crippen LogP contribution in [0, 0.1) is 0 Å². The van der Waals surface area contributed by atoms with Gasteiger partial charge in [0, 0.05) is 0 Å². The van der Waals surface area contributed by atoms with Crippen molar-refractivity contribution in [2.75, 3.05) is 19.8 Å². The van der Waals surface area contributed by atoms with Crippen molar-refractivity contribution < 1.29 is 38.0 Å². The molecule has 8 nitrogen and oxygen atoms in total. The predicted octanol–water partition coefficient (Wildman–Crippen LogP) is 17.0. The Bertz CT molecular complexity index is 2410. The molecule has 8 heteroatoms. The van der Waals surface area contributed by atoms with E-state index in [0.29, 0.717) is 30.8 Å². The molecule has 0 saturated carbocycles. The van der Waals surface area contributed by atoms with Crippen molar-refractivity contribution in [3.63, 3.8) is 0 Å². The molecule has 0 aliphatic carbocycles. The standard InChI is InChI=1S/C64H78O8/c1-4-7-10-13-15-18-45-67-58-37-29-52(30-38-58)54-33-41-60(42-34-54)69-47-50-21-25-56(26-22-50)63(65)71-49-62(20-17-12-9-6-3)72-64(66)57-27-23-51(24-28-57)48-70-61-43-35-55(36-44-61)53-31-39-59(40-32-53)68-46-19-16-14-11-8-5-2/h21-44,62H,4-20,45-49H2,1-3H3. The Labute approximate surface area is 430 Å². The van der Waals surface area contributed by atoms with Crippen molar-refractivity contribution >= 4 is 11.9 Å². The van der Waals surface area contributed by atoms with E-state index in [0.717, 1.165) is 108 Å². The molecule has 0 radical (unpaired) electrons. The van der Waals surface area contributed by atoms with Crippen LogP contribution in [-0.2, 0) is 22.7 Å². The van der Waals surface area contributed by atoms with Crippen LogP contribution in [0.3, 0.4) is 0 Å². The van der Waals surface area contributed by atoms with Gasteiger partial charge in [-0.1, -0.05) is 177 Å². The number of unbranched alkanes of at least 4 members (excludes halogenated alkanes) is 13. The van der Waals surface area contributed by atoms with E-state index in [2.05, 4.69) is 69.3 Å². The van der Waals surface area contributed by atoms with E-state index < -0.39 is 18.0 Å². The molecule has 0 fully saturated rings. The van der Waals surface area contributed by atoms with Gasteiger partial charge in [0.1, 0.15) is 48.9 Å². The van der Waals surface area contributed by atoms with Gasteiger partial charge in [-0.05, 0) is 132 Å². The van der Waals surface area contributed by atoms with Gasteiger partial charge in [-0.2, -0.15) is 0 Å². The van der Waals surface area contributed by atoms with E-state index in [1.807, 2.05) is 72.8 Å². The van der Waals surface area contributed by atoms with Gasteiger partial charge in [0.2, 0.25) is 0 Å². The summed E-state index contributed by atoms with van der Waals surface area (Å²) >= 11 is 0. The van der Waals surface area contributed by atoms with E-state index in [-0.39, 0.29) is 6.61 Å². The third-order valence-electron chi connectivity index (χ3n) is 12.9. The first-order chi connectivity index (χ1) is 35.4. The van der Waals surface area contributed by atoms with Gasteiger partial charge in [0.15, 0.2) is 0 Å². The smallest absolute Gasteiger partial charge is 0.338 e. The van der Waals surface area contributed by atoms with E-state index in [9.17, 15) is 9.59 Å². The van der Waals surface area contributed by atoms with Crippen LogP contribution in [0.15, 0.2) is 146 Å². The zero-order chi connectivity index (χ0) is 50.4. The quantitative estimate of drug-likeness (QED) is 0.0292. The fourth-order valence-corrected chi connectivity index (χ4v) is 8.37. The molecule has 1 unspecified atom stereocenters. The van der Waals surface area contributed by atoms with E-state index >= 15 is 0 Å². The summed E-state index contributed by atoms with van der Waals surface area (Å²) in [7, 11) is 0. The second kappa shape index (κ2) is 31.7. The lowest BCUT2D eigenvalue weighted by Crippen LogP contribution is -2.25. The van der Waals surface area contributed by atoms with Crippen molar-refractivity contribution in [3.05, 3.63) is 168 Å². The molecule has 0 spiro atoms. The molecule has 0 saturated heterocycles. The maximum absolute atomic E-state index is 13.4. The summed E-state index contributed by atoms with van der Waals surface area (Å²) in [5.74, 6) is 2.39. The first kappa shape index (κ1) is 54.8. The van der Waals surface area contributed by atoms with Crippen molar-refractivity contribution in [1.29, 1.82) is 0 Å². The number of esters is 2. The van der Waals surface area contributed by atoms with Crippen LogP contribution >= 0.6 is 0 Å². The number of rotatable bonds is 34. The summed E-state index contributed by atoms with van der Waals surface area (Å²) in [4.78, 5) is 26.5. The highest BCUT2D eigenvalue weighted by Gasteiger charge is 2.19. The van der Waals surface area contributed by atoms with Crippen molar-refractivity contribution in [3.8, 4) is 45.3 Å². The first-order valence-electron chi connectivity index (χ1n) is 26.9. The molecule has 6 rings (SSSR count). The Morgan fingerprint density at radius 1 is 0.361 bits per heavy atom. The van der Waals surface area contributed by atoms with Gasteiger partial charge >= 0.3 is 11.9 Å². The summed E-state index contributed by atoms with van der Waals surface area (Å²) in [5, 5.41) is 0. The lowest BCUT2D eigenvalue weighted by molar-refractivity contribution is -0.00341. The molecule has 0 bridgehead atoms. The Hall–Kier alpha value is -6.54. The van der Waals surface area contributed by atoms with Crippen molar-refractivity contribution in [2.45, 2.75) is 149 Å². The molecule has 0 N–H and O–H groups in total. The summed E-state index contributed by atoms with van der Waals surface area (Å²) in [6.45, 7) is 8.81. The minimum absolute atomic E-state index is 0.0293. The number of benzene rings is 6. The SMILES string of the molecule is CCCCCCCCOc1ccc(-c2ccc(OCc3ccc(C(=O)OCC(CCCCCC)OC(=O)c4ccc(COc5ccc(-c6ccc(OCCCCCCCC)cc6)cc5)cc4)cc3)cc2)cc1. The second-order valence-corrected chi connectivity index (χ2v) is 18.8. The highest BCUT2D eigenvalue weighted by Crippen LogP contribution is 2.27. The number of carbonyl (C=O) groups excluding carboxylic acids is 2. The van der Waals surface area contributed by atoms with E-state index in [1.54, 1.807) is 24.3 Å². The molecule has 72 heavy (non-hydrogen) atoms. The van der Waals surface area contributed by atoms with Crippen LogP contribution < -0.4 is 18.9 Å². The van der Waals surface area contributed by atoms with Crippen LogP contribution in [0.2, 0.25) is 0 Å². The molecule has 0 aromatic heterocycles. The summed E-state index contributed by atoms with van der Waals surface area (Å²) in [5.41, 5.74) is 7.12. The van der Waals surface area contributed by atoms with Crippen LogP contribution in [0.4, 0.5) is 0 Å². The van der Waals surface area contributed by atoms with Gasteiger partial charge in [0.05, 0.1) is 24.3 Å². The van der Waals surface area contributed by atoms with E-state index in [4.69, 9.17) is 28.4 Å². The number of ether oxygens (including phenoxy) is 6. The first-order valence-corrected chi connectivity index (χ1v) is 26.9. The molecule has 0 amide bonds. The van der Waals surface area contributed by atoms with Crippen molar-refractivity contribution in [1.82, 2.24) is 0 Å². The molecule has 1 atom stereocenters. The van der Waals surface area contributed by atoms with Gasteiger partial charge in [-0.25, -0.2) is 9.59 Å². The van der Waals surface area contributed by atoms with E-state index in [1.165, 1.54) is 64.2 Å². The van der Waals surface area contributed by atoms with Crippen molar-refractivity contribution in [2.24, 2.45) is 0 Å². The molecular formula is C64H78O8. The third kappa shape index (κ3) is 19.6. The molecule has 6 aromatic rings. The monoisotopic (exact) mass is 975 g/mol. The highest BCUT2D eigenvalue weighted by molar-refractivity contribution is 5.90. The van der Waals surface area contributed by atoms with Gasteiger partial charge < -0.3 is 28.4 Å². The summed E-state index contributed by atoms with van der Waals surface area (Å²) in [6.07, 6.45) is 19.0. The summed E-state index contributed by atoms with van der Waals surface area (Å²) in [6, 6.07) is 47.0. The average molecular weight is 975 g/mol. The molecule has 0 heterocycles. The lowest BCUT2D eigenvalue weighted by Gasteiger charge is -2.18. The van der Waals surface area contributed by atoms with Crippen LogP contribution in [0.1, 0.15) is 162 Å². The van der Waals surface area contributed by atoms with Crippen LogP contribution in [0.5, 0.6) is 23.0 Å². The Morgan fingerprint density at radius 2 is 0.694 bits per heavy atom. The highest BCUT2D eigenvalue weighted by atomic mass is 16.6. The molecule has 0 aliphatic rings. The minimum Gasteiger partial charge on any atom is -0.494 e. The minimum atomic E-state index is -0.572. The normalized spacial score (nSPS) is 11.4. The summed E-state index contributed by atoms with van der Waals surface area (Å²) < 4.78 is 35.7. The Balaban J connectivity index is 0.904. The zero-order valence-electron chi connectivity index (χ0n) is 43.3. The predicted molar refractivity (Wildman–Crippen MR) is 291 cm³/mol. The van der Waals surface area contributed by atoms with Gasteiger partial charge in [0.25, 0.3) is 0 Å². The molecule has 382 valence electrons. The van der Waals surface area contributed by atoms with Crippen LogP contribution in [-0.4, -0.2) is 37.9 Å². The maximum atomic E-state index is 13.4. The molecule has 6 aromatic carbocycles. The fourth-order valence-electron chi connectivity index (χ4n) is 8.37.